The smallest absolute Gasteiger partial charge is 0.238 e. The second kappa shape index (κ2) is 7.08. The van der Waals surface area contributed by atoms with Gasteiger partial charge in [-0.15, -0.1) is 0 Å². The summed E-state index contributed by atoms with van der Waals surface area (Å²) in [4.78, 5) is 13.9. The van der Waals surface area contributed by atoms with Crippen LogP contribution < -0.4 is 5.32 Å². The third-order valence-electron chi connectivity index (χ3n) is 2.82. The summed E-state index contributed by atoms with van der Waals surface area (Å²) in [6.07, 6.45) is 0. The quantitative estimate of drug-likeness (QED) is 0.914. The maximum Gasteiger partial charge on any atom is 0.238 e. The topological polar surface area (TPSA) is 32.3 Å². The van der Waals surface area contributed by atoms with Gasteiger partial charge < -0.3 is 5.32 Å². The lowest BCUT2D eigenvalue weighted by molar-refractivity contribution is -0.117. The lowest BCUT2D eigenvalue weighted by atomic mass is 10.2. The highest BCUT2D eigenvalue weighted by Crippen LogP contribution is 2.14. The van der Waals surface area contributed by atoms with E-state index < -0.39 is 0 Å². The van der Waals surface area contributed by atoms with Gasteiger partial charge >= 0.3 is 0 Å². The molecule has 2 aromatic rings. The largest absolute Gasteiger partial charge is 0.325 e. The Morgan fingerprint density at radius 2 is 1.90 bits per heavy atom. The highest BCUT2D eigenvalue weighted by molar-refractivity contribution is 6.30. The van der Waals surface area contributed by atoms with Gasteiger partial charge in [0, 0.05) is 17.3 Å². The van der Waals surface area contributed by atoms with Gasteiger partial charge in [0.2, 0.25) is 5.91 Å². The van der Waals surface area contributed by atoms with E-state index in [-0.39, 0.29) is 5.91 Å². The molecule has 0 aliphatic carbocycles. The van der Waals surface area contributed by atoms with Crippen molar-refractivity contribution < 1.29 is 4.79 Å². The SMILES string of the molecule is CN(CC(=O)Nc1cccc(Cl)c1)Cc1ccccc1. The van der Waals surface area contributed by atoms with E-state index >= 15 is 0 Å². The van der Waals surface area contributed by atoms with E-state index in [0.29, 0.717) is 11.6 Å². The van der Waals surface area contributed by atoms with Crippen LogP contribution in [0.2, 0.25) is 5.02 Å². The molecule has 1 N–H and O–H groups in total. The van der Waals surface area contributed by atoms with Crippen molar-refractivity contribution in [2.24, 2.45) is 0 Å². The van der Waals surface area contributed by atoms with Crippen LogP contribution in [0, 0.1) is 0 Å². The van der Waals surface area contributed by atoms with E-state index in [1.54, 1.807) is 12.1 Å². The Morgan fingerprint density at radius 3 is 2.60 bits per heavy atom. The number of hydrogen-bond donors (Lipinski definition) is 1. The zero-order chi connectivity index (χ0) is 14.4. The summed E-state index contributed by atoms with van der Waals surface area (Å²) >= 11 is 5.88. The third kappa shape index (κ3) is 4.68. The molecule has 0 aliphatic heterocycles. The number of nitrogens with zero attached hydrogens (tertiary/aromatic N) is 1. The first-order valence-corrected chi connectivity index (χ1v) is 6.79. The molecular formula is C16H17ClN2O. The molecule has 1 amide bonds. The van der Waals surface area contributed by atoms with Crippen LogP contribution in [-0.2, 0) is 11.3 Å². The molecule has 0 radical (unpaired) electrons. The van der Waals surface area contributed by atoms with Crippen LogP contribution in [0.5, 0.6) is 0 Å². The Labute approximate surface area is 124 Å². The molecule has 0 saturated heterocycles. The number of nitrogens with one attached hydrogen (secondary N) is 1. The zero-order valence-corrected chi connectivity index (χ0v) is 12.1. The maximum absolute atomic E-state index is 11.9. The van der Waals surface area contributed by atoms with E-state index in [2.05, 4.69) is 5.32 Å². The second-order valence-corrected chi connectivity index (χ2v) is 5.15. The number of carbonyl (C=O) groups is 1. The van der Waals surface area contributed by atoms with Gasteiger partial charge in [-0.1, -0.05) is 48.0 Å². The van der Waals surface area contributed by atoms with Gasteiger partial charge in [0.15, 0.2) is 0 Å². The zero-order valence-electron chi connectivity index (χ0n) is 11.3. The van der Waals surface area contributed by atoms with E-state index in [4.69, 9.17) is 11.6 Å². The molecule has 0 aliphatic rings. The van der Waals surface area contributed by atoms with Crippen LogP contribution in [0.1, 0.15) is 5.56 Å². The fraction of sp³-hybridized carbons (Fsp3) is 0.188. The summed E-state index contributed by atoms with van der Waals surface area (Å²) in [5, 5.41) is 3.45. The van der Waals surface area contributed by atoms with Crippen LogP contribution in [0.15, 0.2) is 54.6 Å². The van der Waals surface area contributed by atoms with Crippen LogP contribution in [-0.4, -0.2) is 24.4 Å². The number of benzene rings is 2. The summed E-state index contributed by atoms with van der Waals surface area (Å²) in [6.45, 7) is 1.07. The van der Waals surface area contributed by atoms with Crippen molar-refractivity contribution in [2.45, 2.75) is 6.54 Å². The van der Waals surface area contributed by atoms with Crippen molar-refractivity contribution in [3.63, 3.8) is 0 Å². The monoisotopic (exact) mass is 288 g/mol. The van der Waals surface area contributed by atoms with E-state index in [0.717, 1.165) is 12.2 Å². The number of anilines is 1. The average molecular weight is 289 g/mol. The predicted octanol–water partition coefficient (Wildman–Crippen LogP) is 3.41. The summed E-state index contributed by atoms with van der Waals surface area (Å²) in [5.41, 5.74) is 1.90. The van der Waals surface area contributed by atoms with Crippen molar-refractivity contribution in [3.05, 3.63) is 65.2 Å². The molecule has 0 atom stereocenters. The molecule has 0 bridgehead atoms. The lowest BCUT2D eigenvalue weighted by Gasteiger charge is -2.16. The molecule has 2 aromatic carbocycles. The van der Waals surface area contributed by atoms with Gasteiger partial charge in [-0.25, -0.2) is 0 Å². The molecule has 0 unspecified atom stereocenters. The predicted molar refractivity (Wildman–Crippen MR) is 82.9 cm³/mol. The van der Waals surface area contributed by atoms with Crippen molar-refractivity contribution in [2.75, 3.05) is 18.9 Å². The van der Waals surface area contributed by atoms with Gasteiger partial charge in [0.25, 0.3) is 0 Å². The number of likely N-dealkylation sites (N-methyl/N-ethyl adjacent to an activating group) is 1. The molecule has 0 aromatic heterocycles. The van der Waals surface area contributed by atoms with Gasteiger partial charge in [-0.3, -0.25) is 9.69 Å². The molecule has 104 valence electrons. The van der Waals surface area contributed by atoms with Crippen LogP contribution in [0.3, 0.4) is 0 Å². The molecule has 0 saturated carbocycles. The standard InChI is InChI=1S/C16H17ClN2O/c1-19(11-13-6-3-2-4-7-13)12-16(20)18-15-9-5-8-14(17)10-15/h2-10H,11-12H2,1H3,(H,18,20). The molecule has 2 rings (SSSR count). The highest BCUT2D eigenvalue weighted by atomic mass is 35.5. The minimum absolute atomic E-state index is 0.0503. The normalized spacial score (nSPS) is 10.6. The van der Waals surface area contributed by atoms with Crippen LogP contribution in [0.25, 0.3) is 0 Å². The van der Waals surface area contributed by atoms with E-state index in [9.17, 15) is 4.79 Å². The first-order valence-electron chi connectivity index (χ1n) is 6.41. The summed E-state index contributed by atoms with van der Waals surface area (Å²) in [6, 6.07) is 17.2. The fourth-order valence-electron chi connectivity index (χ4n) is 1.96. The first kappa shape index (κ1) is 14.6. The number of hydrogen-bond acceptors (Lipinski definition) is 2. The summed E-state index contributed by atoms with van der Waals surface area (Å²) in [5.74, 6) is -0.0503. The Kier molecular flexibility index (Phi) is 5.16. The first-order chi connectivity index (χ1) is 9.63. The van der Waals surface area contributed by atoms with Crippen molar-refractivity contribution >= 4 is 23.2 Å². The van der Waals surface area contributed by atoms with Gasteiger partial charge in [0.05, 0.1) is 6.54 Å². The van der Waals surface area contributed by atoms with E-state index in [1.807, 2.05) is 54.4 Å². The number of rotatable bonds is 5. The van der Waals surface area contributed by atoms with E-state index in [1.165, 1.54) is 5.56 Å². The van der Waals surface area contributed by atoms with Gasteiger partial charge in [-0.2, -0.15) is 0 Å². The van der Waals surface area contributed by atoms with Gasteiger partial charge in [0.1, 0.15) is 0 Å². The Balaban J connectivity index is 1.85. The van der Waals surface area contributed by atoms with Crippen molar-refractivity contribution in [1.82, 2.24) is 4.90 Å². The fourth-order valence-corrected chi connectivity index (χ4v) is 2.15. The molecule has 3 nitrogen and oxygen atoms in total. The van der Waals surface area contributed by atoms with Crippen LogP contribution in [0.4, 0.5) is 5.69 Å². The van der Waals surface area contributed by atoms with Crippen molar-refractivity contribution in [3.8, 4) is 0 Å². The number of halogens is 1. The Bertz CT molecular complexity index is 572. The maximum atomic E-state index is 11.9. The second-order valence-electron chi connectivity index (χ2n) is 4.72. The molecule has 4 heteroatoms. The summed E-state index contributed by atoms with van der Waals surface area (Å²) < 4.78 is 0. The Morgan fingerprint density at radius 1 is 1.15 bits per heavy atom. The molecule has 0 heterocycles. The third-order valence-corrected chi connectivity index (χ3v) is 3.05. The average Bonchev–Trinajstić information content (AvgIpc) is 2.39. The van der Waals surface area contributed by atoms with Crippen molar-refractivity contribution in [1.29, 1.82) is 0 Å². The van der Waals surface area contributed by atoms with Gasteiger partial charge in [-0.05, 0) is 30.8 Å². The lowest BCUT2D eigenvalue weighted by Crippen LogP contribution is -2.29. The number of carbonyl (C=O) groups excluding carboxylic acids is 1. The Hall–Kier alpha value is -1.84. The highest BCUT2D eigenvalue weighted by Gasteiger charge is 2.07. The summed E-state index contributed by atoms with van der Waals surface area (Å²) in [7, 11) is 1.92. The molecular weight excluding hydrogens is 272 g/mol. The minimum atomic E-state index is -0.0503. The molecule has 0 fully saturated rings. The number of amides is 1. The molecule has 0 spiro atoms. The van der Waals surface area contributed by atoms with Crippen LogP contribution >= 0.6 is 11.6 Å². The molecule has 20 heavy (non-hydrogen) atoms. The minimum Gasteiger partial charge on any atom is -0.325 e.